The van der Waals surface area contributed by atoms with Crippen LogP contribution in [0.15, 0.2) is 6.33 Å². The van der Waals surface area contributed by atoms with Crippen LogP contribution < -0.4 is 5.73 Å². The van der Waals surface area contributed by atoms with Crippen LogP contribution in [0.1, 0.15) is 20.3 Å². The molecule has 1 unspecified atom stereocenters. The zero-order valence-corrected chi connectivity index (χ0v) is 10.3. The summed E-state index contributed by atoms with van der Waals surface area (Å²) in [6.45, 7) is 3.50. The van der Waals surface area contributed by atoms with E-state index in [9.17, 15) is 9.59 Å². The van der Waals surface area contributed by atoms with Crippen molar-refractivity contribution >= 4 is 17.9 Å². The number of aromatic nitrogens is 3. The molecular formula is C10H16N4O4. The molecule has 8 heteroatoms. The Labute approximate surface area is 104 Å². The van der Waals surface area contributed by atoms with Gasteiger partial charge in [0.15, 0.2) is 6.10 Å². The molecule has 0 aliphatic rings. The molecule has 8 nitrogen and oxygen atoms in total. The van der Waals surface area contributed by atoms with Crippen LogP contribution in [0.5, 0.6) is 0 Å². The molecule has 1 rings (SSSR count). The summed E-state index contributed by atoms with van der Waals surface area (Å²) in [5.74, 6) is -1.08. The lowest BCUT2D eigenvalue weighted by molar-refractivity contribution is -0.168. The van der Waals surface area contributed by atoms with Gasteiger partial charge in [-0.15, -0.1) is 5.10 Å². The maximum atomic E-state index is 11.5. The van der Waals surface area contributed by atoms with E-state index in [0.29, 0.717) is 6.42 Å². The Hall–Kier alpha value is -2.12. The van der Waals surface area contributed by atoms with E-state index in [0.717, 1.165) is 0 Å². The van der Waals surface area contributed by atoms with Gasteiger partial charge in [-0.3, -0.25) is 4.79 Å². The van der Waals surface area contributed by atoms with Gasteiger partial charge in [0.1, 0.15) is 12.9 Å². The zero-order valence-electron chi connectivity index (χ0n) is 10.3. The first-order valence-electron chi connectivity index (χ1n) is 5.57. The molecule has 0 aliphatic carbocycles. The number of hydrogen-bond acceptors (Lipinski definition) is 7. The van der Waals surface area contributed by atoms with Gasteiger partial charge in [-0.1, -0.05) is 6.92 Å². The van der Waals surface area contributed by atoms with Crippen LogP contribution in [-0.4, -0.2) is 39.4 Å². The molecule has 2 N–H and O–H groups in total. The molecule has 0 aromatic carbocycles. The van der Waals surface area contributed by atoms with Crippen LogP contribution in [0.25, 0.3) is 0 Å². The van der Waals surface area contributed by atoms with Crippen LogP contribution in [-0.2, 0) is 25.6 Å². The summed E-state index contributed by atoms with van der Waals surface area (Å²) in [4.78, 5) is 26.6. The molecule has 0 saturated heterocycles. The molecule has 0 saturated carbocycles. The van der Waals surface area contributed by atoms with Gasteiger partial charge in [0.05, 0.1) is 6.61 Å². The van der Waals surface area contributed by atoms with Crippen molar-refractivity contribution in [2.75, 3.05) is 12.3 Å². The average Bonchev–Trinajstić information content (AvgIpc) is 2.71. The molecule has 0 bridgehead atoms. The predicted molar refractivity (Wildman–Crippen MR) is 61.2 cm³/mol. The Balaban J connectivity index is 2.49. The standard InChI is InChI=1S/C10H16N4O4/c1-3-7(9(16)17-4-2)18-8(15)5-14-6-12-10(11)13-14/h6-7H,3-5H2,1-2H3,(H2,11,13). The summed E-state index contributed by atoms with van der Waals surface area (Å²) >= 11 is 0. The summed E-state index contributed by atoms with van der Waals surface area (Å²) in [5.41, 5.74) is 5.30. The maximum absolute atomic E-state index is 11.5. The second-order valence-electron chi connectivity index (χ2n) is 3.44. The van der Waals surface area contributed by atoms with Crippen LogP contribution in [0, 0.1) is 0 Å². The highest BCUT2D eigenvalue weighted by Gasteiger charge is 2.22. The molecule has 0 aliphatic heterocycles. The highest BCUT2D eigenvalue weighted by molar-refractivity contribution is 5.79. The number of anilines is 1. The number of esters is 2. The van der Waals surface area contributed by atoms with Crippen molar-refractivity contribution in [2.24, 2.45) is 0 Å². The number of carbonyl (C=O) groups is 2. The largest absolute Gasteiger partial charge is 0.463 e. The fraction of sp³-hybridized carbons (Fsp3) is 0.600. The van der Waals surface area contributed by atoms with E-state index in [1.54, 1.807) is 13.8 Å². The van der Waals surface area contributed by atoms with Crippen molar-refractivity contribution in [1.82, 2.24) is 14.8 Å². The number of nitrogens with two attached hydrogens (primary N) is 1. The van der Waals surface area contributed by atoms with Crippen molar-refractivity contribution < 1.29 is 19.1 Å². The number of carbonyl (C=O) groups excluding carboxylic acids is 2. The number of ether oxygens (including phenoxy) is 2. The third kappa shape index (κ3) is 4.04. The normalized spacial score (nSPS) is 11.9. The topological polar surface area (TPSA) is 109 Å². The molecule has 0 fully saturated rings. The highest BCUT2D eigenvalue weighted by Crippen LogP contribution is 2.03. The number of hydrogen-bond donors (Lipinski definition) is 1. The van der Waals surface area contributed by atoms with E-state index in [1.807, 2.05) is 0 Å². The van der Waals surface area contributed by atoms with E-state index in [1.165, 1.54) is 11.0 Å². The summed E-state index contributed by atoms with van der Waals surface area (Å²) in [6, 6.07) is 0. The SMILES string of the molecule is CCOC(=O)C(CC)OC(=O)Cn1cnc(N)n1. The molecule has 0 amide bonds. The number of nitrogens with zero attached hydrogens (tertiary/aromatic N) is 3. The van der Waals surface area contributed by atoms with E-state index in [4.69, 9.17) is 15.2 Å². The number of rotatable bonds is 6. The van der Waals surface area contributed by atoms with Crippen molar-refractivity contribution in [3.05, 3.63) is 6.33 Å². The maximum Gasteiger partial charge on any atom is 0.347 e. The second-order valence-corrected chi connectivity index (χ2v) is 3.44. The van der Waals surface area contributed by atoms with Gasteiger partial charge in [0.25, 0.3) is 0 Å². The Morgan fingerprint density at radius 1 is 1.50 bits per heavy atom. The van der Waals surface area contributed by atoms with E-state index >= 15 is 0 Å². The lowest BCUT2D eigenvalue weighted by Gasteiger charge is -2.14. The summed E-state index contributed by atoms with van der Waals surface area (Å²) in [7, 11) is 0. The van der Waals surface area contributed by atoms with Crippen LogP contribution in [0.3, 0.4) is 0 Å². The summed E-state index contributed by atoms with van der Waals surface area (Å²) in [5, 5.41) is 3.73. The van der Waals surface area contributed by atoms with Gasteiger partial charge in [-0.2, -0.15) is 0 Å². The first kappa shape index (κ1) is 13.9. The Morgan fingerprint density at radius 2 is 2.22 bits per heavy atom. The van der Waals surface area contributed by atoms with Gasteiger partial charge in [0, 0.05) is 0 Å². The van der Waals surface area contributed by atoms with Gasteiger partial charge in [-0.25, -0.2) is 14.5 Å². The lowest BCUT2D eigenvalue weighted by Crippen LogP contribution is -2.30. The fourth-order valence-corrected chi connectivity index (χ4v) is 1.25. The van der Waals surface area contributed by atoms with Gasteiger partial charge < -0.3 is 15.2 Å². The molecule has 100 valence electrons. The van der Waals surface area contributed by atoms with Gasteiger partial charge in [0.2, 0.25) is 5.95 Å². The molecule has 1 aromatic rings. The quantitative estimate of drug-likeness (QED) is 0.698. The Morgan fingerprint density at radius 3 is 2.72 bits per heavy atom. The average molecular weight is 256 g/mol. The minimum Gasteiger partial charge on any atom is -0.463 e. The van der Waals surface area contributed by atoms with Crippen molar-refractivity contribution in [1.29, 1.82) is 0 Å². The van der Waals surface area contributed by atoms with Crippen molar-refractivity contribution in [3.63, 3.8) is 0 Å². The van der Waals surface area contributed by atoms with Crippen molar-refractivity contribution in [2.45, 2.75) is 32.9 Å². The minimum absolute atomic E-state index is 0.0697. The van der Waals surface area contributed by atoms with Crippen molar-refractivity contribution in [3.8, 4) is 0 Å². The smallest absolute Gasteiger partial charge is 0.347 e. The molecular weight excluding hydrogens is 240 g/mol. The van der Waals surface area contributed by atoms with E-state index in [-0.39, 0.29) is 19.1 Å². The molecule has 0 spiro atoms. The molecule has 1 atom stereocenters. The molecule has 1 heterocycles. The van der Waals surface area contributed by atoms with Crippen LogP contribution >= 0.6 is 0 Å². The molecule has 1 aromatic heterocycles. The van der Waals surface area contributed by atoms with Crippen LogP contribution in [0.2, 0.25) is 0 Å². The van der Waals surface area contributed by atoms with Crippen LogP contribution in [0.4, 0.5) is 5.95 Å². The third-order valence-electron chi connectivity index (χ3n) is 2.04. The minimum atomic E-state index is -0.890. The zero-order chi connectivity index (χ0) is 13.5. The third-order valence-corrected chi connectivity index (χ3v) is 2.04. The Kier molecular flexibility index (Phi) is 5.09. The summed E-state index contributed by atoms with van der Waals surface area (Å²) < 4.78 is 11.0. The van der Waals surface area contributed by atoms with Gasteiger partial charge in [-0.05, 0) is 13.3 Å². The second kappa shape index (κ2) is 6.58. The fourth-order valence-electron chi connectivity index (χ4n) is 1.25. The first-order chi connectivity index (χ1) is 8.56. The first-order valence-corrected chi connectivity index (χ1v) is 5.57. The number of nitrogen functional groups attached to an aromatic ring is 1. The Bertz CT molecular complexity index is 418. The van der Waals surface area contributed by atoms with Gasteiger partial charge >= 0.3 is 11.9 Å². The van der Waals surface area contributed by atoms with E-state index < -0.39 is 18.0 Å². The monoisotopic (exact) mass is 256 g/mol. The molecule has 0 radical (unpaired) electrons. The van der Waals surface area contributed by atoms with E-state index in [2.05, 4.69) is 10.1 Å². The molecule has 18 heavy (non-hydrogen) atoms. The predicted octanol–water partition coefficient (Wildman–Crippen LogP) is -0.255. The summed E-state index contributed by atoms with van der Waals surface area (Å²) in [6.07, 6.45) is 0.768. The lowest BCUT2D eigenvalue weighted by atomic mass is 10.3. The highest BCUT2D eigenvalue weighted by atomic mass is 16.6.